The first-order valence-corrected chi connectivity index (χ1v) is 8.07. The van der Waals surface area contributed by atoms with Crippen LogP contribution in [0.25, 0.3) is 0 Å². The van der Waals surface area contributed by atoms with Gasteiger partial charge in [0.1, 0.15) is 13.3 Å². The predicted molar refractivity (Wildman–Crippen MR) is 89.8 cm³/mol. The highest BCUT2D eigenvalue weighted by Crippen LogP contribution is 2.33. The Morgan fingerprint density at radius 2 is 2.18 bits per heavy atom. The van der Waals surface area contributed by atoms with Crippen LogP contribution in [0.4, 0.5) is 5.69 Å². The van der Waals surface area contributed by atoms with E-state index in [-0.39, 0.29) is 6.61 Å². The zero-order chi connectivity index (χ0) is 15.9. The van der Waals surface area contributed by atoms with Gasteiger partial charge in [0.2, 0.25) is 0 Å². The zero-order valence-electron chi connectivity index (χ0n) is 12.7. The average Bonchev–Trinajstić information content (AvgIpc) is 2.74. The van der Waals surface area contributed by atoms with Crippen molar-refractivity contribution in [2.24, 2.45) is 7.05 Å². The van der Waals surface area contributed by atoms with E-state index in [2.05, 4.69) is 16.9 Å². The number of fused-ring (bicyclic) bond motifs is 1. The highest BCUT2D eigenvalue weighted by molar-refractivity contribution is 7.71. The molecule has 5 nitrogen and oxygen atoms in total. The smallest absolute Gasteiger partial charge is 0.199 e. The number of hydrogen-bond acceptors (Lipinski definition) is 4. The largest absolute Gasteiger partial charge is 0.388 e. The summed E-state index contributed by atoms with van der Waals surface area (Å²) in [5, 5.41) is 14.5. The number of aromatic nitrogens is 3. The number of benzene rings is 1. The summed E-state index contributed by atoms with van der Waals surface area (Å²) in [4.78, 5) is 2.29. The summed E-state index contributed by atoms with van der Waals surface area (Å²) in [5.74, 6) is 0.579. The minimum absolute atomic E-state index is 0.113. The van der Waals surface area contributed by atoms with Crippen molar-refractivity contribution in [3.63, 3.8) is 0 Å². The van der Waals surface area contributed by atoms with E-state index in [9.17, 15) is 5.11 Å². The third-order valence-corrected chi connectivity index (χ3v) is 4.81. The van der Waals surface area contributed by atoms with Crippen LogP contribution in [0.2, 0.25) is 5.02 Å². The first-order valence-electron chi connectivity index (χ1n) is 7.29. The fourth-order valence-corrected chi connectivity index (χ4v) is 3.59. The summed E-state index contributed by atoms with van der Waals surface area (Å²) < 4.78 is 4.13. The van der Waals surface area contributed by atoms with Crippen molar-refractivity contribution < 1.29 is 5.11 Å². The van der Waals surface area contributed by atoms with Gasteiger partial charge in [-0.25, -0.2) is 4.68 Å². The Kier molecular flexibility index (Phi) is 4.25. The Balaban J connectivity index is 1.97. The Morgan fingerprint density at radius 3 is 2.86 bits per heavy atom. The first-order chi connectivity index (χ1) is 10.5. The van der Waals surface area contributed by atoms with Crippen molar-refractivity contribution in [3.8, 4) is 0 Å². The molecule has 7 heteroatoms. The summed E-state index contributed by atoms with van der Waals surface area (Å²) >= 11 is 11.6. The molecule has 0 aliphatic carbocycles. The number of nitrogens with zero attached hydrogens (tertiary/aromatic N) is 4. The second-order valence-electron chi connectivity index (χ2n) is 5.65. The maximum Gasteiger partial charge on any atom is 0.199 e. The summed E-state index contributed by atoms with van der Waals surface area (Å²) in [6.07, 6.45) is 2.13. The SMILES string of the molecule is Cc1cc(Cl)cc2c1N(Cn1nc(CO)n(C)c1=S)CCC2. The van der Waals surface area contributed by atoms with Gasteiger partial charge in [0.25, 0.3) is 0 Å². The molecular weight excluding hydrogens is 320 g/mol. The fourth-order valence-electron chi connectivity index (χ4n) is 3.09. The third-order valence-electron chi connectivity index (χ3n) is 4.11. The summed E-state index contributed by atoms with van der Waals surface area (Å²) in [5.41, 5.74) is 3.68. The van der Waals surface area contributed by atoms with Crippen LogP contribution in [0.3, 0.4) is 0 Å². The standard InChI is InChI=1S/C15H19ClN4OS/c1-10-6-12(16)7-11-4-3-5-19(14(10)11)9-20-15(22)18(2)13(8-21)17-20/h6-7,21H,3-5,8-9H2,1-2H3. The molecule has 1 aromatic heterocycles. The molecule has 1 aliphatic heterocycles. The molecule has 0 fully saturated rings. The van der Waals surface area contributed by atoms with Crippen molar-refractivity contribution in [2.75, 3.05) is 11.4 Å². The van der Waals surface area contributed by atoms with Gasteiger partial charge in [-0.15, -0.1) is 0 Å². The maximum atomic E-state index is 9.32. The number of halogens is 1. The quantitative estimate of drug-likeness (QED) is 0.874. The molecule has 0 atom stereocenters. The predicted octanol–water partition coefficient (Wildman–Crippen LogP) is 2.82. The summed E-state index contributed by atoms with van der Waals surface area (Å²) in [7, 11) is 1.83. The number of anilines is 1. The average molecular weight is 339 g/mol. The van der Waals surface area contributed by atoms with E-state index in [1.165, 1.54) is 16.8 Å². The minimum atomic E-state index is -0.113. The van der Waals surface area contributed by atoms with E-state index < -0.39 is 0 Å². The molecule has 0 amide bonds. The zero-order valence-corrected chi connectivity index (χ0v) is 14.3. The van der Waals surface area contributed by atoms with Gasteiger partial charge in [-0.3, -0.25) is 0 Å². The van der Waals surface area contributed by atoms with Gasteiger partial charge in [-0.1, -0.05) is 11.6 Å². The number of aliphatic hydroxyl groups is 1. The van der Waals surface area contributed by atoms with Crippen LogP contribution in [-0.4, -0.2) is 26.0 Å². The van der Waals surface area contributed by atoms with E-state index in [0.717, 1.165) is 24.4 Å². The van der Waals surface area contributed by atoms with Crippen LogP contribution in [0.5, 0.6) is 0 Å². The molecule has 2 aromatic rings. The second kappa shape index (κ2) is 6.02. The molecule has 1 aromatic carbocycles. The van der Waals surface area contributed by atoms with Crippen LogP contribution < -0.4 is 4.90 Å². The van der Waals surface area contributed by atoms with Crippen molar-refractivity contribution in [1.82, 2.24) is 14.3 Å². The second-order valence-corrected chi connectivity index (χ2v) is 6.46. The molecule has 2 heterocycles. The van der Waals surface area contributed by atoms with E-state index in [1.54, 1.807) is 9.25 Å². The maximum absolute atomic E-state index is 9.32. The molecule has 0 spiro atoms. The van der Waals surface area contributed by atoms with Crippen molar-refractivity contribution in [3.05, 3.63) is 38.9 Å². The summed E-state index contributed by atoms with van der Waals surface area (Å²) in [6, 6.07) is 4.04. The Labute approximate surface area is 139 Å². The van der Waals surface area contributed by atoms with E-state index in [0.29, 0.717) is 17.3 Å². The minimum Gasteiger partial charge on any atom is -0.388 e. The Bertz CT molecular complexity index is 768. The molecule has 118 valence electrons. The lowest BCUT2D eigenvalue weighted by molar-refractivity contribution is 0.265. The van der Waals surface area contributed by atoms with E-state index in [1.807, 2.05) is 19.2 Å². The molecule has 1 N–H and O–H groups in total. The number of aryl methyl sites for hydroxylation is 2. The van der Waals surface area contributed by atoms with Gasteiger partial charge in [0.15, 0.2) is 10.6 Å². The number of aliphatic hydroxyl groups excluding tert-OH is 1. The number of rotatable bonds is 3. The Morgan fingerprint density at radius 1 is 1.41 bits per heavy atom. The molecule has 0 bridgehead atoms. The van der Waals surface area contributed by atoms with E-state index in [4.69, 9.17) is 23.8 Å². The van der Waals surface area contributed by atoms with Gasteiger partial charge >= 0.3 is 0 Å². The van der Waals surface area contributed by atoms with E-state index >= 15 is 0 Å². The Hall–Kier alpha value is -1.37. The normalized spacial score (nSPS) is 14.3. The molecule has 3 rings (SSSR count). The molecule has 0 saturated carbocycles. The van der Waals surface area contributed by atoms with Gasteiger partial charge in [0.05, 0.1) is 0 Å². The molecule has 22 heavy (non-hydrogen) atoms. The van der Waals surface area contributed by atoms with Gasteiger partial charge in [-0.05, 0) is 55.2 Å². The lowest BCUT2D eigenvalue weighted by Gasteiger charge is -2.32. The number of hydrogen-bond donors (Lipinski definition) is 1. The molecule has 0 unspecified atom stereocenters. The first kappa shape index (κ1) is 15.5. The lowest BCUT2D eigenvalue weighted by atomic mass is 9.98. The molecular formula is C15H19ClN4OS. The third kappa shape index (κ3) is 2.66. The summed E-state index contributed by atoms with van der Waals surface area (Å²) in [6.45, 7) is 3.52. The molecule has 1 aliphatic rings. The van der Waals surface area contributed by atoms with Gasteiger partial charge < -0.3 is 14.6 Å². The monoisotopic (exact) mass is 338 g/mol. The van der Waals surface area contributed by atoms with Crippen LogP contribution in [0.1, 0.15) is 23.4 Å². The van der Waals surface area contributed by atoms with Crippen LogP contribution in [0.15, 0.2) is 12.1 Å². The fraction of sp³-hybridized carbons (Fsp3) is 0.467. The lowest BCUT2D eigenvalue weighted by Crippen LogP contribution is -2.32. The highest BCUT2D eigenvalue weighted by atomic mass is 35.5. The highest BCUT2D eigenvalue weighted by Gasteiger charge is 2.21. The van der Waals surface area contributed by atoms with Gasteiger partial charge in [-0.2, -0.15) is 5.10 Å². The van der Waals surface area contributed by atoms with Crippen LogP contribution >= 0.6 is 23.8 Å². The molecule has 0 saturated heterocycles. The van der Waals surface area contributed by atoms with Crippen LogP contribution in [0, 0.1) is 11.7 Å². The van der Waals surface area contributed by atoms with Crippen molar-refractivity contribution >= 4 is 29.5 Å². The van der Waals surface area contributed by atoms with Gasteiger partial charge in [0, 0.05) is 24.3 Å². The topological polar surface area (TPSA) is 46.2 Å². The molecule has 0 radical (unpaired) electrons. The van der Waals surface area contributed by atoms with Crippen molar-refractivity contribution in [2.45, 2.75) is 33.0 Å². The van der Waals surface area contributed by atoms with Crippen LogP contribution in [-0.2, 0) is 26.7 Å². The van der Waals surface area contributed by atoms with Crippen molar-refractivity contribution in [1.29, 1.82) is 0 Å².